The lowest BCUT2D eigenvalue weighted by molar-refractivity contribution is -0.114. The first-order valence-electron chi connectivity index (χ1n) is 7.23. The molecule has 2 N–H and O–H groups in total. The Balaban J connectivity index is 2.16. The highest BCUT2D eigenvalue weighted by Gasteiger charge is 2.13. The number of benzene rings is 1. The zero-order valence-corrected chi connectivity index (χ0v) is 13.0. The molecule has 2 aromatic rings. The lowest BCUT2D eigenvalue weighted by Gasteiger charge is -2.14. The van der Waals surface area contributed by atoms with Crippen LogP contribution in [0.25, 0.3) is 0 Å². The molecular weight excluding hydrogens is 280 g/mol. The monoisotopic (exact) mass is 300 g/mol. The Labute approximate surface area is 129 Å². The molecule has 0 saturated heterocycles. The SMILES string of the molecule is CCC(C)n1nccc1NC(=O)c1cccc(NC(C)=O)c1. The standard InChI is InChI=1S/C16H20N4O2/c1-4-11(2)20-15(8-9-17-20)19-16(22)13-6-5-7-14(10-13)18-12(3)21/h5-11H,4H2,1-3H3,(H,18,21)(H,19,22). The molecule has 2 rings (SSSR count). The molecule has 2 amide bonds. The number of carbonyl (C=O) groups is 2. The van der Waals surface area contributed by atoms with E-state index in [9.17, 15) is 9.59 Å². The number of anilines is 2. The van der Waals surface area contributed by atoms with E-state index in [1.165, 1.54) is 6.92 Å². The molecule has 1 aromatic carbocycles. The van der Waals surface area contributed by atoms with Crippen LogP contribution in [-0.4, -0.2) is 21.6 Å². The maximum absolute atomic E-state index is 12.3. The number of amides is 2. The fourth-order valence-corrected chi connectivity index (χ4v) is 2.07. The second-order valence-electron chi connectivity index (χ2n) is 5.13. The summed E-state index contributed by atoms with van der Waals surface area (Å²) in [6, 6.07) is 8.77. The van der Waals surface area contributed by atoms with Crippen LogP contribution in [0.15, 0.2) is 36.5 Å². The van der Waals surface area contributed by atoms with E-state index in [0.717, 1.165) is 6.42 Å². The van der Waals surface area contributed by atoms with Crippen molar-refractivity contribution in [1.82, 2.24) is 9.78 Å². The van der Waals surface area contributed by atoms with Gasteiger partial charge in [0.05, 0.1) is 12.2 Å². The first kappa shape index (κ1) is 15.8. The summed E-state index contributed by atoms with van der Waals surface area (Å²) in [6.45, 7) is 5.53. The van der Waals surface area contributed by atoms with Crippen LogP contribution in [0.5, 0.6) is 0 Å². The van der Waals surface area contributed by atoms with Crippen LogP contribution in [0, 0.1) is 0 Å². The maximum Gasteiger partial charge on any atom is 0.256 e. The van der Waals surface area contributed by atoms with Crippen molar-refractivity contribution >= 4 is 23.3 Å². The second-order valence-corrected chi connectivity index (χ2v) is 5.13. The molecule has 116 valence electrons. The van der Waals surface area contributed by atoms with Crippen molar-refractivity contribution in [2.45, 2.75) is 33.2 Å². The quantitative estimate of drug-likeness (QED) is 0.891. The molecule has 0 spiro atoms. The molecule has 1 atom stereocenters. The van der Waals surface area contributed by atoms with E-state index in [0.29, 0.717) is 17.1 Å². The summed E-state index contributed by atoms with van der Waals surface area (Å²) in [5.41, 5.74) is 1.07. The number of hydrogen-bond donors (Lipinski definition) is 2. The smallest absolute Gasteiger partial charge is 0.256 e. The van der Waals surface area contributed by atoms with Crippen LogP contribution in [0.4, 0.5) is 11.5 Å². The van der Waals surface area contributed by atoms with Gasteiger partial charge in [-0.2, -0.15) is 5.10 Å². The van der Waals surface area contributed by atoms with E-state index in [1.54, 1.807) is 41.2 Å². The van der Waals surface area contributed by atoms with E-state index >= 15 is 0 Å². The van der Waals surface area contributed by atoms with Crippen LogP contribution in [0.3, 0.4) is 0 Å². The van der Waals surface area contributed by atoms with Gasteiger partial charge < -0.3 is 10.6 Å². The zero-order chi connectivity index (χ0) is 16.1. The molecule has 0 fully saturated rings. The molecule has 0 aliphatic heterocycles. The molecular formula is C16H20N4O2. The van der Waals surface area contributed by atoms with Crippen molar-refractivity contribution in [3.05, 3.63) is 42.1 Å². The molecule has 22 heavy (non-hydrogen) atoms. The van der Waals surface area contributed by atoms with Gasteiger partial charge in [0, 0.05) is 24.2 Å². The average Bonchev–Trinajstić information content (AvgIpc) is 2.94. The molecule has 0 bridgehead atoms. The number of nitrogens with one attached hydrogen (secondary N) is 2. The number of carbonyl (C=O) groups excluding carboxylic acids is 2. The van der Waals surface area contributed by atoms with Crippen LogP contribution < -0.4 is 10.6 Å². The van der Waals surface area contributed by atoms with Gasteiger partial charge >= 0.3 is 0 Å². The summed E-state index contributed by atoms with van der Waals surface area (Å²) in [5.74, 6) is 0.244. The van der Waals surface area contributed by atoms with Gasteiger partial charge in [-0.25, -0.2) is 4.68 Å². The van der Waals surface area contributed by atoms with Gasteiger partial charge in [-0.3, -0.25) is 9.59 Å². The Morgan fingerprint density at radius 2 is 2.05 bits per heavy atom. The minimum absolute atomic E-state index is 0.174. The number of aromatic nitrogens is 2. The summed E-state index contributed by atoms with van der Waals surface area (Å²) in [5, 5.41) is 9.75. The molecule has 6 heteroatoms. The normalized spacial score (nSPS) is 11.8. The Kier molecular flexibility index (Phi) is 4.93. The Hall–Kier alpha value is -2.63. The van der Waals surface area contributed by atoms with Crippen molar-refractivity contribution in [2.75, 3.05) is 10.6 Å². The van der Waals surface area contributed by atoms with Crippen LogP contribution in [0.1, 0.15) is 43.6 Å². The molecule has 0 aliphatic carbocycles. The third-order valence-corrected chi connectivity index (χ3v) is 3.37. The zero-order valence-electron chi connectivity index (χ0n) is 13.0. The van der Waals surface area contributed by atoms with Gasteiger partial charge in [-0.15, -0.1) is 0 Å². The number of rotatable bonds is 5. The van der Waals surface area contributed by atoms with E-state index in [2.05, 4.69) is 22.7 Å². The molecule has 0 saturated carbocycles. The Bertz CT molecular complexity index is 678. The van der Waals surface area contributed by atoms with Gasteiger partial charge in [0.15, 0.2) is 0 Å². The highest BCUT2D eigenvalue weighted by atomic mass is 16.2. The predicted molar refractivity (Wildman–Crippen MR) is 85.9 cm³/mol. The van der Waals surface area contributed by atoms with Gasteiger partial charge in [0.1, 0.15) is 5.82 Å². The minimum atomic E-state index is -0.239. The molecule has 0 radical (unpaired) electrons. The Morgan fingerprint density at radius 1 is 1.27 bits per heavy atom. The molecule has 6 nitrogen and oxygen atoms in total. The van der Waals surface area contributed by atoms with Crippen molar-refractivity contribution in [3.8, 4) is 0 Å². The fourth-order valence-electron chi connectivity index (χ4n) is 2.07. The van der Waals surface area contributed by atoms with Gasteiger partial charge in [-0.1, -0.05) is 13.0 Å². The first-order chi connectivity index (χ1) is 10.5. The highest BCUT2D eigenvalue weighted by Crippen LogP contribution is 2.18. The van der Waals surface area contributed by atoms with Crippen molar-refractivity contribution < 1.29 is 9.59 Å². The first-order valence-corrected chi connectivity index (χ1v) is 7.23. The largest absolute Gasteiger partial charge is 0.326 e. The van der Waals surface area contributed by atoms with Crippen molar-refractivity contribution in [3.63, 3.8) is 0 Å². The maximum atomic E-state index is 12.3. The molecule has 1 heterocycles. The summed E-state index contributed by atoms with van der Waals surface area (Å²) in [4.78, 5) is 23.4. The lowest BCUT2D eigenvalue weighted by Crippen LogP contribution is -2.17. The number of nitrogens with zero attached hydrogens (tertiary/aromatic N) is 2. The summed E-state index contributed by atoms with van der Waals surface area (Å²) in [6.07, 6.45) is 2.58. The second kappa shape index (κ2) is 6.89. The van der Waals surface area contributed by atoms with Crippen LogP contribution >= 0.6 is 0 Å². The van der Waals surface area contributed by atoms with Crippen molar-refractivity contribution in [2.24, 2.45) is 0 Å². The van der Waals surface area contributed by atoms with E-state index in [1.807, 2.05) is 6.92 Å². The predicted octanol–water partition coefficient (Wildman–Crippen LogP) is 3.06. The molecule has 1 unspecified atom stereocenters. The van der Waals surface area contributed by atoms with Gasteiger partial charge in [0.25, 0.3) is 5.91 Å². The van der Waals surface area contributed by atoms with Crippen LogP contribution in [0.2, 0.25) is 0 Å². The lowest BCUT2D eigenvalue weighted by atomic mass is 10.2. The summed E-state index contributed by atoms with van der Waals surface area (Å²) in [7, 11) is 0. The summed E-state index contributed by atoms with van der Waals surface area (Å²) < 4.78 is 1.79. The molecule has 0 aliphatic rings. The highest BCUT2D eigenvalue weighted by molar-refractivity contribution is 6.04. The Morgan fingerprint density at radius 3 is 2.73 bits per heavy atom. The third-order valence-electron chi connectivity index (χ3n) is 3.37. The van der Waals surface area contributed by atoms with E-state index in [4.69, 9.17) is 0 Å². The number of hydrogen-bond acceptors (Lipinski definition) is 3. The average molecular weight is 300 g/mol. The fraction of sp³-hybridized carbons (Fsp3) is 0.312. The van der Waals surface area contributed by atoms with Crippen LogP contribution in [-0.2, 0) is 4.79 Å². The van der Waals surface area contributed by atoms with E-state index in [-0.39, 0.29) is 17.9 Å². The van der Waals surface area contributed by atoms with Gasteiger partial charge in [0.2, 0.25) is 5.91 Å². The minimum Gasteiger partial charge on any atom is -0.326 e. The van der Waals surface area contributed by atoms with E-state index < -0.39 is 0 Å². The van der Waals surface area contributed by atoms with Gasteiger partial charge in [-0.05, 0) is 31.5 Å². The molecule has 1 aromatic heterocycles. The third kappa shape index (κ3) is 3.72. The topological polar surface area (TPSA) is 76.0 Å². The van der Waals surface area contributed by atoms with Crippen molar-refractivity contribution in [1.29, 1.82) is 0 Å². The summed E-state index contributed by atoms with van der Waals surface area (Å²) >= 11 is 0.